The lowest BCUT2D eigenvalue weighted by Gasteiger charge is -2.18. The van der Waals surface area contributed by atoms with E-state index in [1.165, 1.54) is 108 Å². The smallest absolute Gasteiger partial charge is 0.0143 e. The zero-order valence-electron chi connectivity index (χ0n) is 26.7. The molecular weight excluding hydrogens is 577 g/mol. The number of benzene rings is 10. The highest BCUT2D eigenvalue weighted by atomic mass is 14.2. The van der Waals surface area contributed by atoms with Crippen LogP contribution in [0.5, 0.6) is 0 Å². The molecule has 12 rings (SSSR count). The molecular formula is C48H32. The number of hydrogen-bond acceptors (Lipinski definition) is 0. The summed E-state index contributed by atoms with van der Waals surface area (Å²) in [6.07, 6.45) is 4.10. The van der Waals surface area contributed by atoms with Crippen molar-refractivity contribution in [2.24, 2.45) is 0 Å². The lowest BCUT2D eigenvalue weighted by atomic mass is 9.86. The zero-order valence-corrected chi connectivity index (χ0v) is 26.7. The van der Waals surface area contributed by atoms with Gasteiger partial charge in [-0.3, -0.25) is 0 Å². The van der Waals surface area contributed by atoms with Crippen LogP contribution in [0.4, 0.5) is 0 Å². The lowest BCUT2D eigenvalue weighted by molar-refractivity contribution is 0.948. The minimum absolute atomic E-state index is 1.02. The normalized spacial score (nSPS) is 13.5. The Labute approximate surface area is 278 Å². The molecule has 48 heavy (non-hydrogen) atoms. The van der Waals surface area contributed by atoms with Gasteiger partial charge < -0.3 is 0 Å². The van der Waals surface area contributed by atoms with Gasteiger partial charge in [-0.2, -0.15) is 0 Å². The standard InChI is InChI=1S/C48H32/c1-2-6-34-18-38-22-42-26-46-30-10-9-29(45(46)25-41(42)21-37(38)17-33(34)5-1)13-14-31-11-12-32(16-15-30)48-28-44-24-40-20-36-8-4-3-7-35(36)19-39(40)23-43(44)27-47(31)48/h1-12,17-28H,13-16H2. The molecule has 0 fully saturated rings. The molecule has 0 spiro atoms. The average Bonchev–Trinajstić information content (AvgIpc) is 3.11. The van der Waals surface area contributed by atoms with Gasteiger partial charge in [-0.15, -0.1) is 0 Å². The first-order valence-corrected chi connectivity index (χ1v) is 17.3. The molecule has 0 heterocycles. The molecule has 0 saturated heterocycles. The van der Waals surface area contributed by atoms with Crippen molar-refractivity contribution in [1.82, 2.24) is 0 Å². The Hall–Kier alpha value is -5.72. The van der Waals surface area contributed by atoms with E-state index in [1.807, 2.05) is 0 Å². The van der Waals surface area contributed by atoms with Gasteiger partial charge in [0.2, 0.25) is 0 Å². The molecule has 0 nitrogen and oxygen atoms in total. The van der Waals surface area contributed by atoms with Gasteiger partial charge in [0.25, 0.3) is 0 Å². The quantitative estimate of drug-likeness (QED) is 0.150. The van der Waals surface area contributed by atoms with Crippen molar-refractivity contribution >= 4 is 86.2 Å². The number of aryl methyl sites for hydroxylation is 4. The van der Waals surface area contributed by atoms with Crippen molar-refractivity contribution < 1.29 is 0 Å². The van der Waals surface area contributed by atoms with Gasteiger partial charge in [0.1, 0.15) is 0 Å². The van der Waals surface area contributed by atoms with Gasteiger partial charge >= 0.3 is 0 Å². The van der Waals surface area contributed by atoms with E-state index in [2.05, 4.69) is 146 Å². The van der Waals surface area contributed by atoms with Gasteiger partial charge in [0, 0.05) is 0 Å². The third kappa shape index (κ3) is 4.02. The van der Waals surface area contributed by atoms with Crippen LogP contribution < -0.4 is 0 Å². The lowest BCUT2D eigenvalue weighted by Crippen LogP contribution is -2.02. The van der Waals surface area contributed by atoms with Crippen LogP contribution in [0.15, 0.2) is 146 Å². The van der Waals surface area contributed by atoms with E-state index in [1.54, 1.807) is 0 Å². The van der Waals surface area contributed by atoms with Crippen LogP contribution in [0.1, 0.15) is 22.3 Å². The average molecular weight is 609 g/mol. The first-order valence-electron chi connectivity index (χ1n) is 17.3. The molecule has 0 N–H and O–H groups in total. The summed E-state index contributed by atoms with van der Waals surface area (Å²) in [5, 5.41) is 21.4. The molecule has 2 aliphatic carbocycles. The predicted octanol–water partition coefficient (Wildman–Crippen LogP) is 12.8. The van der Waals surface area contributed by atoms with E-state index in [9.17, 15) is 0 Å². The third-order valence-electron chi connectivity index (χ3n) is 11.3. The first kappa shape index (κ1) is 26.4. The van der Waals surface area contributed by atoms with Gasteiger partial charge in [0.15, 0.2) is 0 Å². The van der Waals surface area contributed by atoms with Crippen LogP contribution >= 0.6 is 0 Å². The minimum Gasteiger partial charge on any atom is -0.0616 e. The van der Waals surface area contributed by atoms with Crippen LogP contribution in [0.3, 0.4) is 0 Å². The van der Waals surface area contributed by atoms with Crippen molar-refractivity contribution in [3.8, 4) is 0 Å². The highest BCUT2D eigenvalue weighted by Crippen LogP contribution is 2.37. The Morgan fingerprint density at radius 2 is 0.417 bits per heavy atom. The Bertz CT molecular complexity index is 2590. The Morgan fingerprint density at radius 1 is 0.208 bits per heavy atom. The summed E-state index contributed by atoms with van der Waals surface area (Å²) in [4.78, 5) is 0. The van der Waals surface area contributed by atoms with E-state index in [0.29, 0.717) is 0 Å². The van der Waals surface area contributed by atoms with Gasteiger partial charge in [-0.1, -0.05) is 72.8 Å². The molecule has 2 aliphatic rings. The summed E-state index contributed by atoms with van der Waals surface area (Å²) in [7, 11) is 0. The summed E-state index contributed by atoms with van der Waals surface area (Å²) in [6.45, 7) is 0. The summed E-state index contributed by atoms with van der Waals surface area (Å²) in [5.41, 5.74) is 5.80. The van der Waals surface area contributed by atoms with Crippen molar-refractivity contribution in [3.05, 3.63) is 168 Å². The molecule has 0 aromatic heterocycles. The molecule has 0 unspecified atom stereocenters. The number of hydrogen-bond donors (Lipinski definition) is 0. The Balaban J connectivity index is 1.08. The fourth-order valence-electron chi connectivity index (χ4n) is 8.72. The van der Waals surface area contributed by atoms with Crippen molar-refractivity contribution in [1.29, 1.82) is 0 Å². The van der Waals surface area contributed by atoms with E-state index in [-0.39, 0.29) is 0 Å². The highest BCUT2D eigenvalue weighted by Gasteiger charge is 2.15. The summed E-state index contributed by atoms with van der Waals surface area (Å²) in [5.74, 6) is 0. The molecule has 0 amide bonds. The topological polar surface area (TPSA) is 0 Å². The maximum absolute atomic E-state index is 2.48. The van der Waals surface area contributed by atoms with Gasteiger partial charge in [-0.05, 0) is 207 Å². The third-order valence-corrected chi connectivity index (χ3v) is 11.3. The number of rotatable bonds is 0. The fraction of sp³-hybridized carbons (Fsp3) is 0.0833. The summed E-state index contributed by atoms with van der Waals surface area (Å²) >= 11 is 0. The molecule has 10 aromatic rings. The second-order valence-corrected chi connectivity index (χ2v) is 14.1. The monoisotopic (exact) mass is 608 g/mol. The van der Waals surface area contributed by atoms with Gasteiger partial charge in [0.05, 0.1) is 0 Å². The van der Waals surface area contributed by atoms with Crippen LogP contribution in [0.2, 0.25) is 0 Å². The largest absolute Gasteiger partial charge is 0.0616 e. The first-order chi connectivity index (χ1) is 23.7. The van der Waals surface area contributed by atoms with E-state index < -0.39 is 0 Å². The van der Waals surface area contributed by atoms with Crippen LogP contribution in [-0.4, -0.2) is 0 Å². The number of fused-ring (bicyclic) bond motifs is 10. The predicted molar refractivity (Wildman–Crippen MR) is 208 cm³/mol. The van der Waals surface area contributed by atoms with Crippen molar-refractivity contribution in [2.45, 2.75) is 25.7 Å². The molecule has 0 aliphatic heterocycles. The van der Waals surface area contributed by atoms with Crippen LogP contribution in [0.25, 0.3) is 86.2 Å². The van der Waals surface area contributed by atoms with Crippen molar-refractivity contribution in [3.63, 3.8) is 0 Å². The van der Waals surface area contributed by atoms with E-state index in [0.717, 1.165) is 25.7 Å². The summed E-state index contributed by atoms with van der Waals surface area (Å²) in [6, 6.07) is 56.0. The zero-order chi connectivity index (χ0) is 31.3. The summed E-state index contributed by atoms with van der Waals surface area (Å²) < 4.78 is 0. The Kier molecular flexibility index (Phi) is 5.43. The second kappa shape index (κ2) is 9.89. The molecule has 10 aromatic carbocycles. The van der Waals surface area contributed by atoms with E-state index in [4.69, 9.17) is 0 Å². The molecule has 0 radical (unpaired) electrons. The molecule has 0 atom stereocenters. The van der Waals surface area contributed by atoms with Crippen LogP contribution in [-0.2, 0) is 25.7 Å². The van der Waals surface area contributed by atoms with Gasteiger partial charge in [-0.25, -0.2) is 0 Å². The maximum Gasteiger partial charge on any atom is -0.0143 e. The fourth-order valence-corrected chi connectivity index (χ4v) is 8.72. The SMILES string of the molecule is c1ccc2cc3cc4cc5c6ccc(c5cc4cc3cc2c1)CCc1ccc(c2cc3cc4cc5ccccc5cc4cc3cc12)CC6. The molecule has 224 valence electrons. The Morgan fingerprint density at radius 3 is 0.667 bits per heavy atom. The second-order valence-electron chi connectivity index (χ2n) is 14.1. The van der Waals surface area contributed by atoms with E-state index >= 15 is 0 Å². The molecule has 0 saturated carbocycles. The molecule has 4 bridgehead atoms. The minimum atomic E-state index is 1.02. The van der Waals surface area contributed by atoms with Crippen molar-refractivity contribution in [2.75, 3.05) is 0 Å². The maximum atomic E-state index is 2.48. The van der Waals surface area contributed by atoms with Crippen LogP contribution in [0, 0.1) is 0 Å². The highest BCUT2D eigenvalue weighted by molar-refractivity contribution is 6.11. The molecule has 0 heteroatoms.